The van der Waals surface area contributed by atoms with Gasteiger partial charge in [0.1, 0.15) is 0 Å². The first-order chi connectivity index (χ1) is 8.85. The van der Waals surface area contributed by atoms with E-state index in [1.54, 1.807) is 0 Å². The maximum atomic E-state index is 12.8. The molecule has 1 atom stereocenters. The standard InChI is InChI=1S/C11H8F6O3/c1-4-2-5(8(18)9(19)20)7(11(15,16)17)6(3-4)10(12,13)14/h2-3,8,18H,1H3,(H,19,20). The summed E-state index contributed by atoms with van der Waals surface area (Å²) in [5, 5.41) is 17.7. The molecule has 0 aliphatic rings. The van der Waals surface area contributed by atoms with Gasteiger partial charge in [-0.25, -0.2) is 4.79 Å². The van der Waals surface area contributed by atoms with Gasteiger partial charge in [0, 0.05) is 5.56 Å². The molecule has 0 saturated heterocycles. The summed E-state index contributed by atoms with van der Waals surface area (Å²) in [7, 11) is 0. The second-order valence-corrected chi connectivity index (χ2v) is 4.01. The second kappa shape index (κ2) is 4.97. The van der Waals surface area contributed by atoms with Crippen LogP contribution in [0.5, 0.6) is 0 Å². The summed E-state index contributed by atoms with van der Waals surface area (Å²) >= 11 is 0. The summed E-state index contributed by atoms with van der Waals surface area (Å²) in [5.41, 5.74) is -5.80. The Labute approximate surface area is 108 Å². The van der Waals surface area contributed by atoms with Crippen molar-refractivity contribution >= 4 is 5.97 Å². The van der Waals surface area contributed by atoms with Gasteiger partial charge in [0.2, 0.25) is 0 Å². The molecule has 0 bridgehead atoms. The highest BCUT2D eigenvalue weighted by Gasteiger charge is 2.46. The van der Waals surface area contributed by atoms with Crippen molar-refractivity contribution < 1.29 is 41.4 Å². The Bertz CT molecular complexity index is 532. The van der Waals surface area contributed by atoms with E-state index in [9.17, 15) is 36.2 Å². The molecule has 0 saturated carbocycles. The van der Waals surface area contributed by atoms with E-state index in [2.05, 4.69) is 0 Å². The van der Waals surface area contributed by atoms with Gasteiger partial charge in [0.25, 0.3) is 0 Å². The monoisotopic (exact) mass is 302 g/mol. The fraction of sp³-hybridized carbons (Fsp3) is 0.364. The molecule has 0 aliphatic carbocycles. The molecule has 1 rings (SSSR count). The van der Waals surface area contributed by atoms with Crippen LogP contribution in [0.1, 0.15) is 28.4 Å². The highest BCUT2D eigenvalue weighted by Crippen LogP contribution is 2.44. The van der Waals surface area contributed by atoms with Crippen LogP contribution in [0.3, 0.4) is 0 Å². The minimum atomic E-state index is -5.45. The fourth-order valence-corrected chi connectivity index (χ4v) is 1.70. The maximum Gasteiger partial charge on any atom is 0.417 e. The quantitative estimate of drug-likeness (QED) is 0.825. The van der Waals surface area contributed by atoms with Crippen LogP contribution in [-0.4, -0.2) is 16.2 Å². The summed E-state index contributed by atoms with van der Waals surface area (Å²) in [6, 6.07) is 0.817. The third kappa shape index (κ3) is 3.21. The molecule has 20 heavy (non-hydrogen) atoms. The van der Waals surface area contributed by atoms with E-state index in [1.807, 2.05) is 0 Å². The van der Waals surface area contributed by atoms with E-state index in [0.717, 1.165) is 6.92 Å². The molecule has 0 heterocycles. The molecular weight excluding hydrogens is 294 g/mol. The van der Waals surface area contributed by atoms with Crippen molar-refractivity contribution in [1.29, 1.82) is 0 Å². The highest BCUT2D eigenvalue weighted by molar-refractivity contribution is 5.75. The number of halogens is 6. The number of hydrogen-bond acceptors (Lipinski definition) is 2. The van der Waals surface area contributed by atoms with E-state index in [1.165, 1.54) is 0 Å². The van der Waals surface area contributed by atoms with E-state index in [4.69, 9.17) is 5.11 Å². The number of benzene rings is 1. The first-order valence-corrected chi connectivity index (χ1v) is 5.05. The SMILES string of the molecule is Cc1cc(C(O)C(=O)O)c(C(F)(F)F)c(C(F)(F)F)c1. The Morgan fingerprint density at radius 2 is 1.60 bits per heavy atom. The Kier molecular flexibility index (Phi) is 4.04. The fourth-order valence-electron chi connectivity index (χ4n) is 1.70. The predicted octanol–water partition coefficient (Wildman–Crippen LogP) is 3.15. The molecule has 0 aliphatic heterocycles. The lowest BCUT2D eigenvalue weighted by molar-refractivity contribution is -0.164. The molecule has 0 spiro atoms. The van der Waals surface area contributed by atoms with Crippen LogP contribution < -0.4 is 0 Å². The molecular formula is C11H8F6O3. The normalized spacial score (nSPS) is 14.2. The number of aliphatic carboxylic acids is 1. The average molecular weight is 302 g/mol. The van der Waals surface area contributed by atoms with Crippen LogP contribution in [-0.2, 0) is 17.1 Å². The molecule has 0 amide bonds. The van der Waals surface area contributed by atoms with Crippen LogP contribution in [0.4, 0.5) is 26.3 Å². The number of rotatable bonds is 2. The van der Waals surface area contributed by atoms with Gasteiger partial charge in [0.05, 0.1) is 11.1 Å². The summed E-state index contributed by atoms with van der Waals surface area (Å²) < 4.78 is 76.4. The Morgan fingerprint density at radius 1 is 1.10 bits per heavy atom. The van der Waals surface area contributed by atoms with Gasteiger partial charge in [-0.3, -0.25) is 0 Å². The van der Waals surface area contributed by atoms with Crippen LogP contribution in [0, 0.1) is 6.92 Å². The molecule has 112 valence electrons. The molecule has 9 heteroatoms. The molecule has 0 fully saturated rings. The molecule has 2 N–H and O–H groups in total. The van der Waals surface area contributed by atoms with Crippen LogP contribution in [0.2, 0.25) is 0 Å². The molecule has 1 aromatic carbocycles. The number of carboxylic acid groups (broad SMARTS) is 1. The van der Waals surface area contributed by atoms with E-state index in [-0.39, 0.29) is 11.6 Å². The smallest absolute Gasteiger partial charge is 0.417 e. The van der Waals surface area contributed by atoms with Crippen molar-refractivity contribution in [3.05, 3.63) is 34.4 Å². The average Bonchev–Trinajstić information content (AvgIpc) is 2.23. The van der Waals surface area contributed by atoms with Gasteiger partial charge in [-0.05, 0) is 13.0 Å². The summed E-state index contributed by atoms with van der Waals surface area (Å²) in [4.78, 5) is 10.6. The lowest BCUT2D eigenvalue weighted by atomic mass is 9.93. The van der Waals surface area contributed by atoms with Gasteiger partial charge in [-0.2, -0.15) is 26.3 Å². The van der Waals surface area contributed by atoms with E-state index >= 15 is 0 Å². The Morgan fingerprint density at radius 3 is 1.95 bits per heavy atom. The van der Waals surface area contributed by atoms with Crippen LogP contribution in [0.15, 0.2) is 12.1 Å². The molecule has 1 aromatic rings. The molecule has 0 aromatic heterocycles. The minimum absolute atomic E-state index is 0.249. The topological polar surface area (TPSA) is 57.5 Å². The number of aliphatic hydroxyl groups is 1. The van der Waals surface area contributed by atoms with Crippen molar-refractivity contribution in [2.75, 3.05) is 0 Å². The maximum absolute atomic E-state index is 12.8. The summed E-state index contributed by atoms with van der Waals surface area (Å²) in [6.45, 7) is 1.06. The zero-order valence-corrected chi connectivity index (χ0v) is 9.80. The van der Waals surface area contributed by atoms with Crippen molar-refractivity contribution in [3.8, 4) is 0 Å². The van der Waals surface area contributed by atoms with Gasteiger partial charge in [0.15, 0.2) is 6.10 Å². The van der Waals surface area contributed by atoms with Crippen molar-refractivity contribution in [2.24, 2.45) is 0 Å². The van der Waals surface area contributed by atoms with Crippen LogP contribution in [0.25, 0.3) is 0 Å². The minimum Gasteiger partial charge on any atom is -0.479 e. The zero-order valence-electron chi connectivity index (χ0n) is 9.80. The van der Waals surface area contributed by atoms with Crippen molar-refractivity contribution in [3.63, 3.8) is 0 Å². The highest BCUT2D eigenvalue weighted by atomic mass is 19.4. The summed E-state index contributed by atoms with van der Waals surface area (Å²) in [6.07, 6.45) is -13.5. The molecule has 1 unspecified atom stereocenters. The number of carbonyl (C=O) groups is 1. The van der Waals surface area contributed by atoms with Crippen molar-refractivity contribution in [1.82, 2.24) is 0 Å². The Hall–Kier alpha value is -1.77. The number of aryl methyl sites for hydroxylation is 1. The second-order valence-electron chi connectivity index (χ2n) is 4.01. The number of alkyl halides is 6. The summed E-state index contributed by atoms with van der Waals surface area (Å²) in [5.74, 6) is -2.07. The third-order valence-corrected chi connectivity index (χ3v) is 2.43. The van der Waals surface area contributed by atoms with Gasteiger partial charge in [-0.1, -0.05) is 11.6 Å². The predicted molar refractivity (Wildman–Crippen MR) is 53.8 cm³/mol. The molecule has 3 nitrogen and oxygen atoms in total. The lowest BCUT2D eigenvalue weighted by Gasteiger charge is -2.21. The number of aliphatic hydroxyl groups excluding tert-OH is 1. The largest absolute Gasteiger partial charge is 0.479 e. The van der Waals surface area contributed by atoms with E-state index in [0.29, 0.717) is 6.07 Å². The number of carboxylic acids is 1. The van der Waals surface area contributed by atoms with E-state index < -0.39 is 41.1 Å². The van der Waals surface area contributed by atoms with Gasteiger partial charge >= 0.3 is 18.3 Å². The van der Waals surface area contributed by atoms with Gasteiger partial charge < -0.3 is 10.2 Å². The first-order valence-electron chi connectivity index (χ1n) is 5.05. The number of hydrogen-bond donors (Lipinski definition) is 2. The van der Waals surface area contributed by atoms with Crippen molar-refractivity contribution in [2.45, 2.75) is 25.4 Å². The van der Waals surface area contributed by atoms with Gasteiger partial charge in [-0.15, -0.1) is 0 Å². The third-order valence-electron chi connectivity index (χ3n) is 2.43. The van der Waals surface area contributed by atoms with Crippen LogP contribution >= 0.6 is 0 Å². The Balaban J connectivity index is 3.75. The lowest BCUT2D eigenvalue weighted by Crippen LogP contribution is -2.23. The first kappa shape index (κ1) is 16.3. The zero-order chi connectivity index (χ0) is 15.9. The molecule has 0 radical (unpaired) electrons.